The van der Waals surface area contributed by atoms with Gasteiger partial charge < -0.3 is 43.9 Å². The fourth-order valence-electron chi connectivity index (χ4n) is 6.69. The molecule has 6 atom stereocenters. The van der Waals surface area contributed by atoms with Crippen LogP contribution in [0.25, 0.3) is 0 Å². The molecule has 3 aromatic carbocycles. The molecule has 1 amide bonds. The van der Waals surface area contributed by atoms with Gasteiger partial charge in [-0.3, -0.25) is 4.52 Å². The number of para-hydroxylation sites is 1. The number of aliphatic hydroxyl groups excluding tert-OH is 1. The van der Waals surface area contributed by atoms with Crippen molar-refractivity contribution in [1.82, 2.24) is 14.9 Å². The number of alkyl carbamates (subject to hydrolysis) is 1. The molecule has 3 N–H and O–H groups in total. The summed E-state index contributed by atoms with van der Waals surface area (Å²) in [7, 11) is -6.30. The summed E-state index contributed by atoms with van der Waals surface area (Å²) in [5.74, 6) is 0.0342. The second-order valence-electron chi connectivity index (χ2n) is 14.7. The summed E-state index contributed by atoms with van der Waals surface area (Å²) >= 11 is 0. The maximum atomic E-state index is 13.9. The van der Waals surface area contributed by atoms with Crippen LogP contribution < -0.4 is 19.9 Å². The van der Waals surface area contributed by atoms with Crippen molar-refractivity contribution in [1.29, 1.82) is 0 Å². The molecular formula is C41H56N3O13PS. The number of nitrogens with zero attached hydrogens (tertiary/aromatic N) is 1. The summed E-state index contributed by atoms with van der Waals surface area (Å²) in [4.78, 5) is 25.3. The van der Waals surface area contributed by atoms with Gasteiger partial charge in [-0.2, -0.15) is 4.31 Å². The lowest BCUT2D eigenvalue weighted by atomic mass is 10.00. The van der Waals surface area contributed by atoms with Crippen LogP contribution in [0.4, 0.5) is 4.79 Å². The van der Waals surface area contributed by atoms with E-state index in [2.05, 4.69) is 10.6 Å². The molecule has 0 bridgehead atoms. The Bertz CT molecular complexity index is 1940. The number of ether oxygens (including phenoxy) is 5. The lowest BCUT2D eigenvalue weighted by molar-refractivity contribution is -0.145. The van der Waals surface area contributed by atoms with Crippen LogP contribution in [0.3, 0.4) is 0 Å². The maximum absolute atomic E-state index is 13.9. The third-order valence-corrected chi connectivity index (χ3v) is 13.3. The van der Waals surface area contributed by atoms with Crippen LogP contribution in [0, 0.1) is 11.8 Å². The Hall–Kier alpha value is -4.06. The summed E-state index contributed by atoms with van der Waals surface area (Å²) in [6.07, 6.45) is -2.23. The van der Waals surface area contributed by atoms with Gasteiger partial charge >= 0.3 is 19.7 Å². The van der Waals surface area contributed by atoms with E-state index in [0.29, 0.717) is 31.1 Å². The van der Waals surface area contributed by atoms with Crippen molar-refractivity contribution >= 4 is 29.7 Å². The minimum Gasteiger partial charge on any atom is -0.497 e. The third-order valence-electron chi connectivity index (χ3n) is 9.71. The fraction of sp³-hybridized carbons (Fsp3) is 0.512. The van der Waals surface area contributed by atoms with Crippen molar-refractivity contribution in [2.45, 2.75) is 69.6 Å². The zero-order valence-corrected chi connectivity index (χ0v) is 35.6. The first-order valence-corrected chi connectivity index (χ1v) is 22.9. The largest absolute Gasteiger partial charge is 0.497 e. The Labute approximate surface area is 346 Å². The quantitative estimate of drug-likeness (QED) is 0.0672. The number of amides is 1. The van der Waals surface area contributed by atoms with Gasteiger partial charge in [-0.1, -0.05) is 56.3 Å². The topological polar surface area (TPSA) is 197 Å². The Morgan fingerprint density at radius 2 is 1.68 bits per heavy atom. The molecule has 2 fully saturated rings. The SMILES string of the molecule is CCOC(=O)COP(=O)(CCNCc1ccc(CC(NC(=O)OC2COC3OCCC23)C(O)CN(CC(C)C)S(=O)(=O)c2ccc(OC)cc2)cc1)Oc1ccccc1. The Morgan fingerprint density at radius 1 is 0.966 bits per heavy atom. The number of esters is 1. The third kappa shape index (κ3) is 13.7. The number of rotatable bonds is 23. The van der Waals surface area contributed by atoms with Crippen molar-refractivity contribution in [3.05, 3.63) is 90.0 Å². The van der Waals surface area contributed by atoms with Crippen LogP contribution in [0.15, 0.2) is 83.8 Å². The van der Waals surface area contributed by atoms with Gasteiger partial charge in [-0.25, -0.2) is 22.6 Å². The van der Waals surface area contributed by atoms with Crippen molar-refractivity contribution in [3.63, 3.8) is 0 Å². The van der Waals surface area contributed by atoms with Gasteiger partial charge in [-0.15, -0.1) is 0 Å². The summed E-state index contributed by atoms with van der Waals surface area (Å²) in [5.41, 5.74) is 1.64. The van der Waals surface area contributed by atoms with Crippen LogP contribution >= 0.6 is 7.60 Å². The van der Waals surface area contributed by atoms with Gasteiger partial charge in [0.15, 0.2) is 12.9 Å². The van der Waals surface area contributed by atoms with Crippen molar-refractivity contribution in [2.24, 2.45) is 11.8 Å². The first-order valence-electron chi connectivity index (χ1n) is 19.7. The molecule has 6 unspecified atom stereocenters. The summed E-state index contributed by atoms with van der Waals surface area (Å²) in [6.45, 7) is 6.23. The van der Waals surface area contributed by atoms with Gasteiger partial charge in [-0.05, 0) is 73.2 Å². The Balaban J connectivity index is 1.24. The molecule has 0 aromatic heterocycles. The molecule has 2 aliphatic heterocycles. The van der Waals surface area contributed by atoms with E-state index in [4.69, 9.17) is 32.7 Å². The van der Waals surface area contributed by atoms with E-state index in [0.717, 1.165) is 11.1 Å². The average Bonchev–Trinajstić information content (AvgIpc) is 3.84. The zero-order valence-electron chi connectivity index (χ0n) is 33.9. The molecule has 18 heteroatoms. The first-order chi connectivity index (χ1) is 28.3. The number of nitrogens with one attached hydrogen (secondary N) is 2. The molecule has 324 valence electrons. The standard InChI is InChI=1S/C41H56N3O13PS/c1-5-52-39(46)28-55-58(48,57-33-9-7-6-8-10-33)22-20-42-24-31-13-11-30(12-14-31)23-36(43-41(47)56-38-27-54-40-35(38)19-21-53-40)37(45)26-44(25-29(2)3)59(49,50)34-17-15-32(51-4)16-18-34/h6-18,29,35-38,40,42,45H,5,19-28H2,1-4H3,(H,43,47). The molecule has 2 aliphatic rings. The van der Waals surface area contributed by atoms with Crippen LogP contribution in [-0.4, -0.2) is 114 Å². The highest BCUT2D eigenvalue weighted by Gasteiger charge is 2.44. The highest BCUT2D eigenvalue weighted by Crippen LogP contribution is 2.47. The Morgan fingerprint density at radius 3 is 2.36 bits per heavy atom. The number of benzene rings is 3. The highest BCUT2D eigenvalue weighted by molar-refractivity contribution is 7.89. The van der Waals surface area contributed by atoms with Crippen molar-refractivity contribution in [3.8, 4) is 11.5 Å². The number of carbonyl (C=O) groups excluding carboxylic acids is 2. The lowest BCUT2D eigenvalue weighted by Crippen LogP contribution is -2.51. The first kappa shape index (κ1) is 46.0. The van der Waals surface area contributed by atoms with E-state index in [-0.39, 0.29) is 62.2 Å². The average molecular weight is 862 g/mol. The molecule has 16 nitrogen and oxygen atoms in total. The minimum absolute atomic E-state index is 0.0237. The number of hydrogen-bond acceptors (Lipinski definition) is 14. The molecule has 2 heterocycles. The number of hydrogen-bond donors (Lipinski definition) is 3. The van der Waals surface area contributed by atoms with Gasteiger partial charge in [0, 0.05) is 26.2 Å². The van der Waals surface area contributed by atoms with Crippen LogP contribution in [0.1, 0.15) is 38.3 Å². The van der Waals surface area contributed by atoms with Crippen molar-refractivity contribution < 1.29 is 60.4 Å². The molecule has 3 aromatic rings. The molecule has 2 saturated heterocycles. The molecule has 0 spiro atoms. The van der Waals surface area contributed by atoms with Crippen LogP contribution in [0.5, 0.6) is 11.5 Å². The second-order valence-corrected chi connectivity index (χ2v) is 18.7. The number of carbonyl (C=O) groups is 2. The number of sulfonamides is 1. The number of fused-ring (bicyclic) bond motifs is 1. The maximum Gasteiger partial charge on any atom is 0.407 e. The molecule has 0 radical (unpaired) electrons. The van der Waals surface area contributed by atoms with Gasteiger partial charge in [0.25, 0.3) is 0 Å². The van der Waals surface area contributed by atoms with E-state index in [1.807, 2.05) is 38.1 Å². The predicted octanol–water partition coefficient (Wildman–Crippen LogP) is 4.74. The Kier molecular flexibility index (Phi) is 17.1. The molecule has 5 rings (SSSR count). The fourth-order valence-corrected chi connectivity index (χ4v) is 9.76. The van der Waals surface area contributed by atoms with E-state index in [9.17, 15) is 27.7 Å². The zero-order chi connectivity index (χ0) is 42.4. The predicted molar refractivity (Wildman–Crippen MR) is 218 cm³/mol. The van der Waals surface area contributed by atoms with Gasteiger partial charge in [0.2, 0.25) is 10.0 Å². The van der Waals surface area contributed by atoms with E-state index in [1.54, 1.807) is 49.4 Å². The van der Waals surface area contributed by atoms with E-state index < -0.39 is 60.8 Å². The number of methoxy groups -OCH3 is 1. The van der Waals surface area contributed by atoms with Gasteiger partial charge in [0.1, 0.15) is 17.6 Å². The van der Waals surface area contributed by atoms with E-state index >= 15 is 0 Å². The highest BCUT2D eigenvalue weighted by atomic mass is 32.2. The molecule has 0 saturated carbocycles. The normalized spacial score (nSPS) is 19.7. The van der Waals surface area contributed by atoms with Crippen LogP contribution in [-0.2, 0) is 55.8 Å². The summed E-state index contributed by atoms with van der Waals surface area (Å²) in [6, 6.07) is 21.1. The monoisotopic (exact) mass is 861 g/mol. The molecular weight excluding hydrogens is 805 g/mol. The van der Waals surface area contributed by atoms with Gasteiger partial charge in [0.05, 0.1) is 56.1 Å². The molecule has 0 aliphatic carbocycles. The smallest absolute Gasteiger partial charge is 0.407 e. The summed E-state index contributed by atoms with van der Waals surface area (Å²) < 4.78 is 80.8. The molecule has 59 heavy (non-hydrogen) atoms. The van der Waals surface area contributed by atoms with E-state index in [1.165, 1.54) is 23.5 Å². The summed E-state index contributed by atoms with van der Waals surface area (Å²) in [5, 5.41) is 17.8. The van der Waals surface area contributed by atoms with Crippen LogP contribution in [0.2, 0.25) is 0 Å². The number of aliphatic hydroxyl groups is 1. The second kappa shape index (κ2) is 22.0. The minimum atomic E-state index is -4.05. The lowest BCUT2D eigenvalue weighted by Gasteiger charge is -2.31. The van der Waals surface area contributed by atoms with Crippen molar-refractivity contribution in [2.75, 3.05) is 59.3 Å².